The summed E-state index contributed by atoms with van der Waals surface area (Å²) in [5.74, 6) is 1.18. The van der Waals surface area contributed by atoms with Crippen molar-refractivity contribution in [1.29, 1.82) is 0 Å². The minimum atomic E-state index is 1.06. The Labute approximate surface area is 132 Å². The first-order chi connectivity index (χ1) is 9.27. The number of nitrogens with zero attached hydrogens (tertiary/aromatic N) is 1. The Morgan fingerprint density at radius 1 is 0.895 bits per heavy atom. The molecule has 1 aromatic rings. The lowest BCUT2D eigenvalue weighted by Gasteiger charge is -2.01. The lowest BCUT2D eigenvalue weighted by atomic mass is 10.1. The van der Waals surface area contributed by atoms with Gasteiger partial charge in [0.2, 0.25) is 0 Å². The van der Waals surface area contributed by atoms with Crippen LogP contribution in [0.1, 0.15) is 83.2 Å². The summed E-state index contributed by atoms with van der Waals surface area (Å²) in [4.78, 5) is 8.02. The Kier molecular flexibility index (Phi) is 9.57. The van der Waals surface area contributed by atoms with Gasteiger partial charge in [-0.15, -0.1) is 0 Å². The van der Waals surface area contributed by atoms with Crippen LogP contribution in [0.15, 0.2) is 0 Å². The molecule has 0 aliphatic heterocycles. The molecular weight excluding hydrogens is 347 g/mol. The van der Waals surface area contributed by atoms with Gasteiger partial charge in [-0.05, 0) is 35.4 Å². The Bertz CT molecular complexity index is 333. The van der Waals surface area contributed by atoms with E-state index >= 15 is 0 Å². The molecule has 0 unspecified atom stereocenters. The monoisotopic (exact) mass is 376 g/mol. The third-order valence-electron chi connectivity index (χ3n) is 3.65. The van der Waals surface area contributed by atoms with Crippen molar-refractivity contribution in [2.24, 2.45) is 0 Å². The van der Waals surface area contributed by atoms with Gasteiger partial charge in [-0.1, -0.05) is 65.2 Å². The lowest BCUT2D eigenvalue weighted by molar-refractivity contribution is 0.562. The number of aromatic nitrogens is 2. The average molecular weight is 376 g/mol. The van der Waals surface area contributed by atoms with E-state index in [1.807, 2.05) is 0 Å². The number of imidazole rings is 1. The highest BCUT2D eigenvalue weighted by atomic mass is 127. The average Bonchev–Trinajstić information content (AvgIpc) is 2.77. The zero-order valence-electron chi connectivity index (χ0n) is 12.6. The smallest absolute Gasteiger partial charge is 0.122 e. The highest BCUT2D eigenvalue weighted by Gasteiger charge is 2.05. The zero-order chi connectivity index (χ0) is 13.9. The largest absolute Gasteiger partial charge is 0.345 e. The number of nitrogens with one attached hydrogen (secondary N) is 1. The third kappa shape index (κ3) is 7.33. The van der Waals surface area contributed by atoms with E-state index in [-0.39, 0.29) is 0 Å². The maximum atomic E-state index is 4.58. The first-order valence-corrected chi connectivity index (χ1v) is 9.09. The van der Waals surface area contributed by atoms with E-state index in [2.05, 4.69) is 46.4 Å². The zero-order valence-corrected chi connectivity index (χ0v) is 14.8. The van der Waals surface area contributed by atoms with E-state index in [9.17, 15) is 0 Å². The fraction of sp³-hybridized carbons (Fsp3) is 0.812. The van der Waals surface area contributed by atoms with Crippen LogP contribution >= 0.6 is 22.6 Å². The molecule has 0 aliphatic rings. The number of H-pyrrole nitrogens is 1. The molecule has 1 aromatic heterocycles. The van der Waals surface area contributed by atoms with Gasteiger partial charge < -0.3 is 4.98 Å². The van der Waals surface area contributed by atoms with Crippen LogP contribution in [0.3, 0.4) is 0 Å². The van der Waals surface area contributed by atoms with E-state index < -0.39 is 0 Å². The number of aromatic amines is 1. The van der Waals surface area contributed by atoms with Gasteiger partial charge in [0.25, 0.3) is 0 Å². The number of rotatable bonds is 11. The summed E-state index contributed by atoms with van der Waals surface area (Å²) in [5.41, 5.74) is 1.30. The van der Waals surface area contributed by atoms with Crippen molar-refractivity contribution in [2.75, 3.05) is 0 Å². The van der Waals surface area contributed by atoms with E-state index in [0.29, 0.717) is 0 Å². The predicted molar refractivity (Wildman–Crippen MR) is 91.6 cm³/mol. The second kappa shape index (κ2) is 10.7. The maximum Gasteiger partial charge on any atom is 0.122 e. The molecule has 0 aromatic carbocycles. The van der Waals surface area contributed by atoms with Crippen LogP contribution in [0.25, 0.3) is 0 Å². The van der Waals surface area contributed by atoms with Crippen LogP contribution in [0.2, 0.25) is 0 Å². The molecule has 1 rings (SSSR count). The first-order valence-electron chi connectivity index (χ1n) is 8.01. The van der Waals surface area contributed by atoms with Gasteiger partial charge in [0.05, 0.1) is 0 Å². The normalized spacial score (nSPS) is 11.1. The minimum Gasteiger partial charge on any atom is -0.345 e. The van der Waals surface area contributed by atoms with Gasteiger partial charge in [-0.2, -0.15) is 0 Å². The van der Waals surface area contributed by atoms with Gasteiger partial charge in [-0.25, -0.2) is 4.98 Å². The van der Waals surface area contributed by atoms with Crippen molar-refractivity contribution >= 4 is 22.6 Å². The molecule has 0 aliphatic carbocycles. The van der Waals surface area contributed by atoms with Crippen LogP contribution < -0.4 is 0 Å². The predicted octanol–water partition coefficient (Wildman–Crippen LogP) is 5.65. The summed E-state index contributed by atoms with van der Waals surface area (Å²) in [6, 6.07) is 0. The quantitative estimate of drug-likeness (QED) is 0.392. The number of halogens is 1. The minimum absolute atomic E-state index is 1.06. The molecule has 110 valence electrons. The molecular formula is C16H29IN2. The van der Waals surface area contributed by atoms with Crippen molar-refractivity contribution in [3.63, 3.8) is 0 Å². The third-order valence-corrected chi connectivity index (χ3v) is 4.54. The fourth-order valence-corrected chi connectivity index (χ4v) is 3.20. The van der Waals surface area contributed by atoms with Gasteiger partial charge in [-0.3, -0.25) is 0 Å². The number of aryl methyl sites for hydroxylation is 2. The highest BCUT2D eigenvalue weighted by molar-refractivity contribution is 14.1. The summed E-state index contributed by atoms with van der Waals surface area (Å²) in [5, 5.41) is 0. The molecule has 0 saturated carbocycles. The van der Waals surface area contributed by atoms with Crippen molar-refractivity contribution in [3.05, 3.63) is 15.2 Å². The van der Waals surface area contributed by atoms with Crippen molar-refractivity contribution < 1.29 is 0 Å². The van der Waals surface area contributed by atoms with Gasteiger partial charge >= 0.3 is 0 Å². The summed E-state index contributed by atoms with van der Waals surface area (Å²) in [6.07, 6.45) is 14.7. The van der Waals surface area contributed by atoms with Crippen LogP contribution in [-0.2, 0) is 12.8 Å². The summed E-state index contributed by atoms with van der Waals surface area (Å²) < 4.78 is 1.16. The molecule has 0 bridgehead atoms. The second-order valence-electron chi connectivity index (χ2n) is 5.38. The molecule has 1 N–H and O–H groups in total. The van der Waals surface area contributed by atoms with E-state index in [1.165, 1.54) is 69.3 Å². The molecule has 3 heteroatoms. The molecule has 0 atom stereocenters. The van der Waals surface area contributed by atoms with Gasteiger partial charge in [0.15, 0.2) is 0 Å². The second-order valence-corrected chi connectivity index (χ2v) is 6.41. The molecule has 0 amide bonds. The van der Waals surface area contributed by atoms with Gasteiger partial charge in [0.1, 0.15) is 9.53 Å². The molecule has 0 spiro atoms. The van der Waals surface area contributed by atoms with Crippen LogP contribution in [0.4, 0.5) is 0 Å². The van der Waals surface area contributed by atoms with E-state index in [1.54, 1.807) is 0 Å². The van der Waals surface area contributed by atoms with E-state index in [4.69, 9.17) is 0 Å². The maximum absolute atomic E-state index is 4.58. The molecule has 19 heavy (non-hydrogen) atoms. The van der Waals surface area contributed by atoms with Crippen molar-refractivity contribution in [2.45, 2.75) is 84.5 Å². The van der Waals surface area contributed by atoms with Crippen LogP contribution in [-0.4, -0.2) is 9.97 Å². The Morgan fingerprint density at radius 2 is 1.47 bits per heavy atom. The number of hydrogen-bond acceptors (Lipinski definition) is 1. The molecule has 0 radical (unpaired) electrons. The SMILES string of the molecule is CCCCCCCCCCCc1nc(I)c(CC)[nH]1. The number of hydrogen-bond donors (Lipinski definition) is 1. The number of unbranched alkanes of at least 4 members (excludes halogenated alkanes) is 8. The topological polar surface area (TPSA) is 28.7 Å². The van der Waals surface area contributed by atoms with Crippen molar-refractivity contribution in [3.8, 4) is 0 Å². The lowest BCUT2D eigenvalue weighted by Crippen LogP contribution is -1.89. The molecule has 0 saturated heterocycles. The fourth-order valence-electron chi connectivity index (χ4n) is 2.40. The van der Waals surface area contributed by atoms with Gasteiger partial charge in [0, 0.05) is 12.1 Å². The molecule has 0 fully saturated rings. The summed E-state index contributed by atoms with van der Waals surface area (Å²) in [6.45, 7) is 4.46. The Morgan fingerprint density at radius 3 is 2.00 bits per heavy atom. The molecule has 2 nitrogen and oxygen atoms in total. The standard InChI is InChI=1S/C16H29IN2/c1-3-5-6-7-8-9-10-11-12-13-15-18-14(4-2)16(17)19-15/h3-13H2,1-2H3,(H,18,19). The first kappa shape index (κ1) is 17.0. The Hall–Kier alpha value is -0.0600. The Balaban J connectivity index is 1.98. The molecule has 1 heterocycles. The van der Waals surface area contributed by atoms with Crippen LogP contribution in [0, 0.1) is 3.70 Å². The van der Waals surface area contributed by atoms with Crippen LogP contribution in [0.5, 0.6) is 0 Å². The summed E-state index contributed by atoms with van der Waals surface area (Å²) >= 11 is 2.33. The highest BCUT2D eigenvalue weighted by Crippen LogP contribution is 2.13. The van der Waals surface area contributed by atoms with E-state index in [0.717, 1.165) is 16.5 Å². The van der Waals surface area contributed by atoms with Crippen molar-refractivity contribution in [1.82, 2.24) is 9.97 Å². The summed E-state index contributed by atoms with van der Waals surface area (Å²) in [7, 11) is 0.